The summed E-state index contributed by atoms with van der Waals surface area (Å²) in [5.41, 5.74) is -0.373. The van der Waals surface area contributed by atoms with Gasteiger partial charge in [-0.1, -0.05) is 30.7 Å². The molecule has 142 valence electrons. The molecule has 1 aromatic carbocycles. The van der Waals surface area contributed by atoms with Crippen LogP contribution < -0.4 is 10.3 Å². The van der Waals surface area contributed by atoms with E-state index in [9.17, 15) is 19.9 Å². The number of aliphatic hydroxyl groups is 1. The fraction of sp³-hybridized carbons (Fsp3) is 0.250. The van der Waals surface area contributed by atoms with Crippen LogP contribution in [0.25, 0.3) is 22.3 Å². The Labute approximate surface area is 163 Å². The first-order chi connectivity index (χ1) is 13.4. The molecule has 4 heterocycles. The van der Waals surface area contributed by atoms with Gasteiger partial charge in [-0.15, -0.1) is 0 Å². The number of ether oxygens (including phenoxy) is 1. The molecule has 2 aromatic heterocycles. The number of rotatable bonds is 1. The fourth-order valence-corrected chi connectivity index (χ4v) is 4.47. The minimum Gasteiger partial charge on any atom is -0.618 e. The minimum atomic E-state index is -1.92. The van der Waals surface area contributed by atoms with Gasteiger partial charge in [-0.2, -0.15) is 4.73 Å². The highest BCUT2D eigenvalue weighted by Crippen LogP contribution is 2.40. The molecule has 0 spiro atoms. The maximum absolute atomic E-state index is 13.1. The van der Waals surface area contributed by atoms with E-state index in [1.54, 1.807) is 37.3 Å². The maximum atomic E-state index is 13.1. The van der Waals surface area contributed by atoms with Crippen LogP contribution >= 0.6 is 11.6 Å². The van der Waals surface area contributed by atoms with Crippen molar-refractivity contribution in [2.24, 2.45) is 0 Å². The summed E-state index contributed by atoms with van der Waals surface area (Å²) in [5, 5.41) is 25.0. The average Bonchev–Trinajstić information content (AvgIpc) is 3.10. The molecule has 0 radical (unpaired) electrons. The SMILES string of the molecule is CC[C@@]1(O)C(=O)OCc2c1cc1n(c2=O)Cc2c(Cl)c3ccccc3[n+]([O-])c2-1. The number of hydrogen-bond donors (Lipinski definition) is 1. The Morgan fingerprint density at radius 1 is 1.32 bits per heavy atom. The van der Waals surface area contributed by atoms with E-state index < -0.39 is 17.1 Å². The number of pyridine rings is 2. The Kier molecular flexibility index (Phi) is 3.42. The second-order valence-corrected chi connectivity index (χ2v) is 7.43. The molecule has 5 rings (SSSR count). The van der Waals surface area contributed by atoms with E-state index >= 15 is 0 Å². The molecular formula is C20H15ClN2O5. The van der Waals surface area contributed by atoms with Crippen LogP contribution in [-0.2, 0) is 28.3 Å². The number of aromatic nitrogens is 2. The second kappa shape index (κ2) is 5.56. The number of carbonyl (C=O) groups excluding carboxylic acids is 1. The van der Waals surface area contributed by atoms with Gasteiger partial charge in [-0.25, -0.2) is 4.79 Å². The molecule has 0 amide bonds. The van der Waals surface area contributed by atoms with Crippen LogP contribution in [0.2, 0.25) is 5.02 Å². The van der Waals surface area contributed by atoms with Crippen LogP contribution in [0.4, 0.5) is 0 Å². The van der Waals surface area contributed by atoms with Crippen molar-refractivity contribution in [2.45, 2.75) is 32.1 Å². The van der Waals surface area contributed by atoms with Crippen LogP contribution in [0.5, 0.6) is 0 Å². The molecule has 0 fully saturated rings. The average molecular weight is 399 g/mol. The van der Waals surface area contributed by atoms with Gasteiger partial charge in [0.1, 0.15) is 12.3 Å². The van der Waals surface area contributed by atoms with Gasteiger partial charge in [-0.05, 0) is 18.6 Å². The summed E-state index contributed by atoms with van der Waals surface area (Å²) in [4.78, 5) is 25.3. The van der Waals surface area contributed by atoms with Crippen molar-refractivity contribution in [2.75, 3.05) is 0 Å². The zero-order valence-corrected chi connectivity index (χ0v) is 15.6. The Hall–Kier alpha value is -2.90. The number of nitrogens with zero attached hydrogens (tertiary/aromatic N) is 2. The number of cyclic esters (lactones) is 1. The van der Waals surface area contributed by atoms with Crippen molar-refractivity contribution < 1.29 is 19.4 Å². The molecule has 2 aliphatic rings. The summed E-state index contributed by atoms with van der Waals surface area (Å²) in [5.74, 6) is -0.795. The zero-order valence-electron chi connectivity index (χ0n) is 14.9. The number of esters is 1. The molecule has 1 N–H and O–H groups in total. The van der Waals surface area contributed by atoms with Gasteiger partial charge < -0.3 is 15.1 Å². The molecule has 0 aliphatic carbocycles. The molecule has 0 bridgehead atoms. The number of fused-ring (bicyclic) bond motifs is 5. The predicted octanol–water partition coefficient (Wildman–Crippen LogP) is 1.97. The third kappa shape index (κ3) is 1.95. The third-order valence-electron chi connectivity index (χ3n) is 5.71. The summed E-state index contributed by atoms with van der Waals surface area (Å²) in [6.45, 7) is 1.56. The first-order valence-corrected chi connectivity index (χ1v) is 9.26. The Bertz CT molecular complexity index is 1270. The van der Waals surface area contributed by atoms with E-state index in [1.165, 1.54) is 4.57 Å². The largest absolute Gasteiger partial charge is 0.618 e. The first kappa shape index (κ1) is 17.2. The summed E-state index contributed by atoms with van der Waals surface area (Å²) in [6.07, 6.45) is 0.0461. The summed E-state index contributed by atoms with van der Waals surface area (Å²) in [6, 6.07) is 8.49. The van der Waals surface area contributed by atoms with Crippen LogP contribution in [0.15, 0.2) is 35.1 Å². The zero-order chi connectivity index (χ0) is 19.8. The lowest BCUT2D eigenvalue weighted by Gasteiger charge is -2.31. The lowest BCUT2D eigenvalue weighted by Crippen LogP contribution is -2.44. The monoisotopic (exact) mass is 398 g/mol. The van der Waals surface area contributed by atoms with Crippen LogP contribution in [0.3, 0.4) is 0 Å². The molecule has 3 aromatic rings. The van der Waals surface area contributed by atoms with Crippen molar-refractivity contribution in [1.82, 2.24) is 4.57 Å². The summed E-state index contributed by atoms with van der Waals surface area (Å²) >= 11 is 6.57. The van der Waals surface area contributed by atoms with Crippen LogP contribution in [-0.4, -0.2) is 15.6 Å². The van der Waals surface area contributed by atoms with E-state index in [4.69, 9.17) is 16.3 Å². The Balaban J connectivity index is 1.88. The molecule has 1 atom stereocenters. The van der Waals surface area contributed by atoms with E-state index in [2.05, 4.69) is 0 Å². The molecule has 0 saturated carbocycles. The number of halogens is 1. The predicted molar refractivity (Wildman–Crippen MR) is 101 cm³/mol. The van der Waals surface area contributed by atoms with Gasteiger partial charge in [0.25, 0.3) is 5.56 Å². The van der Waals surface area contributed by atoms with Gasteiger partial charge in [-0.3, -0.25) is 9.36 Å². The van der Waals surface area contributed by atoms with Gasteiger partial charge in [0.05, 0.1) is 28.1 Å². The van der Waals surface area contributed by atoms with E-state index in [0.29, 0.717) is 27.2 Å². The van der Waals surface area contributed by atoms with Crippen LogP contribution in [0.1, 0.15) is 30.0 Å². The van der Waals surface area contributed by atoms with E-state index in [0.717, 1.165) is 4.73 Å². The smallest absolute Gasteiger partial charge is 0.343 e. The van der Waals surface area contributed by atoms with Crippen molar-refractivity contribution in [3.05, 3.63) is 67.6 Å². The lowest BCUT2D eigenvalue weighted by molar-refractivity contribution is -0.565. The van der Waals surface area contributed by atoms with E-state index in [-0.39, 0.29) is 36.4 Å². The topological polar surface area (TPSA) is 95.5 Å². The highest BCUT2D eigenvalue weighted by molar-refractivity contribution is 6.36. The van der Waals surface area contributed by atoms with Crippen molar-refractivity contribution in [3.63, 3.8) is 0 Å². The Morgan fingerprint density at radius 2 is 2.07 bits per heavy atom. The Morgan fingerprint density at radius 3 is 2.82 bits per heavy atom. The fourth-order valence-electron chi connectivity index (χ4n) is 4.16. The number of hydrogen-bond acceptors (Lipinski definition) is 5. The molecule has 0 unspecified atom stereocenters. The first-order valence-electron chi connectivity index (χ1n) is 8.88. The number of benzene rings is 1. The number of carbonyl (C=O) groups is 1. The molecule has 7 nitrogen and oxygen atoms in total. The molecule has 28 heavy (non-hydrogen) atoms. The minimum absolute atomic E-state index is 0.0461. The summed E-state index contributed by atoms with van der Waals surface area (Å²) < 4.78 is 7.24. The molecule has 0 saturated heterocycles. The van der Waals surface area contributed by atoms with Crippen molar-refractivity contribution in [1.29, 1.82) is 0 Å². The van der Waals surface area contributed by atoms with Crippen LogP contribution in [0, 0.1) is 5.21 Å². The van der Waals surface area contributed by atoms with Gasteiger partial charge in [0.2, 0.25) is 11.2 Å². The van der Waals surface area contributed by atoms with Crippen molar-refractivity contribution >= 4 is 28.5 Å². The highest BCUT2D eigenvalue weighted by Gasteiger charge is 2.46. The lowest BCUT2D eigenvalue weighted by atomic mass is 9.86. The molecular weight excluding hydrogens is 384 g/mol. The highest BCUT2D eigenvalue weighted by atomic mass is 35.5. The summed E-state index contributed by atoms with van der Waals surface area (Å²) in [7, 11) is 0. The third-order valence-corrected chi connectivity index (χ3v) is 6.15. The molecule has 8 heteroatoms. The standard InChI is InChI=1S/C20H15ClN2O5/c1-2-20(26)13-7-15-17-11(8-22(15)18(24)12(13)9-28-19(20)25)16(21)10-5-3-4-6-14(10)23(17)27/h3-7,26H,2,8-9H2,1H3/t20-/m0/s1. The van der Waals surface area contributed by atoms with Gasteiger partial charge in [0, 0.05) is 11.6 Å². The van der Waals surface area contributed by atoms with Crippen molar-refractivity contribution in [3.8, 4) is 11.4 Å². The van der Waals surface area contributed by atoms with Gasteiger partial charge >= 0.3 is 5.97 Å². The normalized spacial score (nSPS) is 19.9. The van der Waals surface area contributed by atoms with Gasteiger partial charge in [0.15, 0.2) is 5.60 Å². The molecule has 2 aliphatic heterocycles. The maximum Gasteiger partial charge on any atom is 0.343 e. The second-order valence-electron chi connectivity index (χ2n) is 7.06. The van der Waals surface area contributed by atoms with E-state index in [1.807, 2.05) is 0 Å². The quantitative estimate of drug-likeness (QED) is 0.300. The number of para-hydroxylation sites is 1.